The predicted molar refractivity (Wildman–Crippen MR) is 100 cm³/mol. The number of rotatable bonds is 4. The van der Waals surface area contributed by atoms with Crippen molar-refractivity contribution in [3.8, 4) is 11.1 Å². The normalized spacial score (nSPS) is 15.4. The Labute approximate surface area is 149 Å². The molecule has 1 saturated heterocycles. The molecule has 0 bridgehead atoms. The van der Waals surface area contributed by atoms with Crippen LogP contribution in [0.1, 0.15) is 19.4 Å². The van der Waals surface area contributed by atoms with Crippen molar-refractivity contribution in [2.24, 2.45) is 0 Å². The second kappa shape index (κ2) is 8.12. The molecular formula is C20H26N4O. The van der Waals surface area contributed by atoms with E-state index in [0.717, 1.165) is 38.3 Å². The van der Waals surface area contributed by atoms with Crippen LogP contribution in [-0.2, 0) is 6.54 Å². The molecule has 1 aromatic carbocycles. The maximum atomic E-state index is 12.1. The second-order valence-corrected chi connectivity index (χ2v) is 6.77. The zero-order valence-electron chi connectivity index (χ0n) is 15.0. The average molecular weight is 338 g/mol. The lowest BCUT2D eigenvalue weighted by Crippen LogP contribution is -2.52. The molecule has 0 spiro atoms. The maximum Gasteiger partial charge on any atom is 0.317 e. The highest BCUT2D eigenvalue weighted by molar-refractivity contribution is 5.74. The number of nitrogens with one attached hydrogen (secondary N) is 1. The standard InChI is InChI=1S/C20H26N4O/c1-16(2)22-20(25)24-12-10-23(11-13-24)15-18-6-3-4-8-19(18)17-7-5-9-21-14-17/h3-9,14,16H,10-13,15H2,1-2H3,(H,22,25). The van der Waals surface area contributed by atoms with Crippen LogP contribution < -0.4 is 5.32 Å². The molecule has 5 nitrogen and oxygen atoms in total. The fraction of sp³-hybridized carbons (Fsp3) is 0.400. The summed E-state index contributed by atoms with van der Waals surface area (Å²) in [5.41, 5.74) is 3.68. The van der Waals surface area contributed by atoms with Crippen molar-refractivity contribution in [1.29, 1.82) is 0 Å². The van der Waals surface area contributed by atoms with Gasteiger partial charge in [-0.25, -0.2) is 4.79 Å². The van der Waals surface area contributed by atoms with Crippen LogP contribution >= 0.6 is 0 Å². The molecule has 2 aromatic rings. The lowest BCUT2D eigenvalue weighted by atomic mass is 10.0. The molecule has 1 fully saturated rings. The molecule has 0 saturated carbocycles. The van der Waals surface area contributed by atoms with Crippen LogP contribution in [-0.4, -0.2) is 53.0 Å². The van der Waals surface area contributed by atoms with Gasteiger partial charge in [0.2, 0.25) is 0 Å². The molecule has 25 heavy (non-hydrogen) atoms. The molecule has 3 rings (SSSR count). The fourth-order valence-corrected chi connectivity index (χ4v) is 3.15. The van der Waals surface area contributed by atoms with Gasteiger partial charge in [0.15, 0.2) is 0 Å². The van der Waals surface area contributed by atoms with Gasteiger partial charge in [-0.15, -0.1) is 0 Å². The highest BCUT2D eigenvalue weighted by atomic mass is 16.2. The van der Waals surface area contributed by atoms with Gasteiger partial charge in [-0.2, -0.15) is 0 Å². The van der Waals surface area contributed by atoms with E-state index in [1.807, 2.05) is 31.0 Å². The summed E-state index contributed by atoms with van der Waals surface area (Å²) in [6.07, 6.45) is 3.71. The number of carbonyl (C=O) groups is 1. The smallest absolute Gasteiger partial charge is 0.317 e. The maximum absolute atomic E-state index is 12.1. The van der Waals surface area contributed by atoms with Gasteiger partial charge in [-0.05, 0) is 31.0 Å². The molecule has 1 aromatic heterocycles. The number of carbonyl (C=O) groups excluding carboxylic acids is 1. The Kier molecular flexibility index (Phi) is 5.66. The van der Waals surface area contributed by atoms with E-state index in [9.17, 15) is 4.79 Å². The zero-order chi connectivity index (χ0) is 17.6. The number of benzene rings is 1. The third kappa shape index (κ3) is 4.57. The van der Waals surface area contributed by atoms with Gasteiger partial charge in [0.1, 0.15) is 0 Å². The van der Waals surface area contributed by atoms with Crippen LogP contribution in [0.2, 0.25) is 0 Å². The van der Waals surface area contributed by atoms with E-state index in [0.29, 0.717) is 0 Å². The van der Waals surface area contributed by atoms with Crippen LogP contribution in [0.3, 0.4) is 0 Å². The van der Waals surface area contributed by atoms with E-state index in [4.69, 9.17) is 0 Å². The Morgan fingerprint density at radius 2 is 1.88 bits per heavy atom. The molecule has 0 aliphatic carbocycles. The lowest BCUT2D eigenvalue weighted by molar-refractivity contribution is 0.134. The van der Waals surface area contributed by atoms with Gasteiger partial charge < -0.3 is 10.2 Å². The van der Waals surface area contributed by atoms with Crippen molar-refractivity contribution < 1.29 is 4.79 Å². The van der Waals surface area contributed by atoms with Crippen LogP contribution in [0.25, 0.3) is 11.1 Å². The Morgan fingerprint density at radius 3 is 2.56 bits per heavy atom. The lowest BCUT2D eigenvalue weighted by Gasteiger charge is -2.35. The predicted octanol–water partition coefficient (Wildman–Crippen LogP) is 2.98. The summed E-state index contributed by atoms with van der Waals surface area (Å²) in [4.78, 5) is 20.7. The minimum atomic E-state index is 0.0467. The average Bonchev–Trinajstić information content (AvgIpc) is 2.63. The van der Waals surface area contributed by atoms with Crippen LogP contribution in [0.15, 0.2) is 48.8 Å². The Morgan fingerprint density at radius 1 is 1.12 bits per heavy atom. The number of hydrogen-bond donors (Lipinski definition) is 1. The minimum absolute atomic E-state index is 0.0467. The largest absolute Gasteiger partial charge is 0.336 e. The van der Waals surface area contributed by atoms with Crippen molar-refractivity contribution in [3.05, 3.63) is 54.4 Å². The minimum Gasteiger partial charge on any atom is -0.336 e. The number of urea groups is 1. The second-order valence-electron chi connectivity index (χ2n) is 6.77. The fourth-order valence-electron chi connectivity index (χ4n) is 3.15. The molecule has 1 N–H and O–H groups in total. The number of amides is 2. The molecular weight excluding hydrogens is 312 g/mol. The van der Waals surface area contributed by atoms with Crippen LogP contribution in [0, 0.1) is 0 Å². The number of pyridine rings is 1. The first-order valence-electron chi connectivity index (χ1n) is 8.89. The van der Waals surface area contributed by atoms with E-state index in [2.05, 4.69) is 45.5 Å². The number of aromatic nitrogens is 1. The summed E-state index contributed by atoms with van der Waals surface area (Å²) < 4.78 is 0. The third-order valence-electron chi connectivity index (χ3n) is 4.46. The molecule has 2 amide bonds. The molecule has 0 unspecified atom stereocenters. The van der Waals surface area contributed by atoms with Crippen molar-refractivity contribution in [2.45, 2.75) is 26.4 Å². The number of piperazine rings is 1. The molecule has 2 heterocycles. The van der Waals surface area contributed by atoms with E-state index < -0.39 is 0 Å². The van der Waals surface area contributed by atoms with Crippen molar-refractivity contribution in [1.82, 2.24) is 20.1 Å². The van der Waals surface area contributed by atoms with E-state index >= 15 is 0 Å². The summed E-state index contributed by atoms with van der Waals surface area (Å²) in [5, 5.41) is 2.97. The quantitative estimate of drug-likeness (QED) is 0.932. The molecule has 1 aliphatic rings. The summed E-state index contributed by atoms with van der Waals surface area (Å²) in [5.74, 6) is 0. The van der Waals surface area contributed by atoms with Crippen LogP contribution in [0.4, 0.5) is 4.79 Å². The highest BCUT2D eigenvalue weighted by Crippen LogP contribution is 2.24. The monoisotopic (exact) mass is 338 g/mol. The van der Waals surface area contributed by atoms with Gasteiger partial charge in [-0.3, -0.25) is 9.88 Å². The number of nitrogens with zero attached hydrogens (tertiary/aromatic N) is 3. The van der Waals surface area contributed by atoms with Gasteiger partial charge >= 0.3 is 6.03 Å². The number of hydrogen-bond acceptors (Lipinski definition) is 3. The van der Waals surface area contributed by atoms with E-state index in [1.54, 1.807) is 6.20 Å². The zero-order valence-corrected chi connectivity index (χ0v) is 15.0. The van der Waals surface area contributed by atoms with Gasteiger partial charge in [0.05, 0.1) is 0 Å². The van der Waals surface area contributed by atoms with E-state index in [1.165, 1.54) is 11.1 Å². The van der Waals surface area contributed by atoms with Gasteiger partial charge in [0.25, 0.3) is 0 Å². The molecule has 132 valence electrons. The molecule has 1 aliphatic heterocycles. The van der Waals surface area contributed by atoms with Gasteiger partial charge in [-0.1, -0.05) is 30.3 Å². The van der Waals surface area contributed by atoms with Gasteiger partial charge in [0, 0.05) is 56.7 Å². The Hall–Kier alpha value is -2.40. The highest BCUT2D eigenvalue weighted by Gasteiger charge is 2.22. The molecule has 0 radical (unpaired) electrons. The summed E-state index contributed by atoms with van der Waals surface area (Å²) in [7, 11) is 0. The first-order valence-corrected chi connectivity index (χ1v) is 8.89. The molecule has 5 heteroatoms. The Bertz CT molecular complexity index is 694. The first-order chi connectivity index (χ1) is 12.1. The first kappa shape index (κ1) is 17.4. The van der Waals surface area contributed by atoms with Crippen molar-refractivity contribution in [2.75, 3.05) is 26.2 Å². The van der Waals surface area contributed by atoms with Crippen LogP contribution in [0.5, 0.6) is 0 Å². The van der Waals surface area contributed by atoms with Crippen molar-refractivity contribution in [3.63, 3.8) is 0 Å². The summed E-state index contributed by atoms with van der Waals surface area (Å²) in [6.45, 7) is 8.21. The Balaban J connectivity index is 1.63. The van der Waals surface area contributed by atoms with Crippen molar-refractivity contribution >= 4 is 6.03 Å². The topological polar surface area (TPSA) is 48.5 Å². The summed E-state index contributed by atoms with van der Waals surface area (Å²) >= 11 is 0. The third-order valence-corrected chi connectivity index (χ3v) is 4.46. The summed E-state index contributed by atoms with van der Waals surface area (Å²) in [6, 6.07) is 12.8. The van der Waals surface area contributed by atoms with E-state index in [-0.39, 0.29) is 12.1 Å². The molecule has 0 atom stereocenters. The SMILES string of the molecule is CC(C)NC(=O)N1CCN(Cc2ccccc2-c2cccnc2)CC1.